The molecule has 9 nitrogen and oxygen atoms in total. The fourth-order valence-corrected chi connectivity index (χ4v) is 2.51. The Bertz CT molecular complexity index is 966. The number of nitro groups is 1. The average Bonchev–Trinajstić information content (AvgIpc) is 2.74. The van der Waals surface area contributed by atoms with Gasteiger partial charge in [-0.05, 0) is 30.2 Å². The van der Waals surface area contributed by atoms with Crippen LogP contribution in [-0.2, 0) is 11.2 Å². The predicted molar refractivity (Wildman–Crippen MR) is 107 cm³/mol. The molecular formula is C20H20N4O5. The maximum absolute atomic E-state index is 12.2. The van der Waals surface area contributed by atoms with Crippen molar-refractivity contribution < 1.29 is 19.2 Å². The van der Waals surface area contributed by atoms with E-state index in [-0.39, 0.29) is 16.9 Å². The number of anilines is 1. The molecule has 0 aliphatic heterocycles. The van der Waals surface area contributed by atoms with Crippen molar-refractivity contribution in [2.45, 2.75) is 6.42 Å². The largest absolute Gasteiger partial charge is 0.493 e. The molecule has 2 aromatic rings. The number of carbonyl (C=O) groups is 1. The minimum Gasteiger partial charge on any atom is -0.493 e. The molecule has 2 N–H and O–H groups in total. The normalized spacial score (nSPS) is 10.6. The molecule has 0 fully saturated rings. The zero-order chi connectivity index (χ0) is 21.2. The van der Waals surface area contributed by atoms with Crippen molar-refractivity contribution in [3.63, 3.8) is 0 Å². The average molecular weight is 396 g/mol. The van der Waals surface area contributed by atoms with E-state index in [4.69, 9.17) is 9.47 Å². The van der Waals surface area contributed by atoms with E-state index in [2.05, 4.69) is 10.6 Å². The van der Waals surface area contributed by atoms with E-state index in [1.807, 2.05) is 12.1 Å². The Morgan fingerprint density at radius 2 is 1.93 bits per heavy atom. The second-order valence-electron chi connectivity index (χ2n) is 5.78. The summed E-state index contributed by atoms with van der Waals surface area (Å²) in [5, 5.41) is 25.5. The van der Waals surface area contributed by atoms with E-state index in [0.29, 0.717) is 24.5 Å². The standard InChI is InChI=1S/C20H20N4O5/c1-28-18-8-7-14(11-19(18)29-2)9-10-22-20(25)15(12-21)13-23-16-5-3-4-6-17(16)24(26)27/h3-8,11,13,23H,9-10H2,1-2H3,(H,22,25)/b15-13-. The van der Waals surface area contributed by atoms with Crippen LogP contribution in [0.1, 0.15) is 5.56 Å². The number of nitrogens with one attached hydrogen (secondary N) is 2. The first-order valence-electron chi connectivity index (χ1n) is 8.59. The third kappa shape index (κ3) is 5.71. The lowest BCUT2D eigenvalue weighted by Gasteiger charge is -2.10. The summed E-state index contributed by atoms with van der Waals surface area (Å²) < 4.78 is 10.4. The first kappa shape index (κ1) is 21.2. The number of hydrogen-bond acceptors (Lipinski definition) is 7. The summed E-state index contributed by atoms with van der Waals surface area (Å²) in [4.78, 5) is 22.7. The van der Waals surface area contributed by atoms with Gasteiger partial charge in [0.15, 0.2) is 11.5 Å². The quantitative estimate of drug-likeness (QED) is 0.289. The van der Waals surface area contributed by atoms with Crippen molar-refractivity contribution in [3.05, 3.63) is 69.9 Å². The molecule has 9 heteroatoms. The van der Waals surface area contributed by atoms with Gasteiger partial charge in [0.2, 0.25) is 0 Å². The molecule has 1 amide bonds. The lowest BCUT2D eigenvalue weighted by atomic mass is 10.1. The van der Waals surface area contributed by atoms with Gasteiger partial charge in [0.25, 0.3) is 11.6 Å². The number of hydrogen-bond donors (Lipinski definition) is 2. The third-order valence-corrected chi connectivity index (χ3v) is 3.99. The summed E-state index contributed by atoms with van der Waals surface area (Å²) in [5.74, 6) is 0.609. The van der Waals surface area contributed by atoms with Crippen LogP contribution in [0.4, 0.5) is 11.4 Å². The summed E-state index contributed by atoms with van der Waals surface area (Å²) in [5.41, 5.74) is 0.747. The topological polar surface area (TPSA) is 127 Å². The van der Waals surface area contributed by atoms with Crippen LogP contribution in [0.25, 0.3) is 0 Å². The van der Waals surface area contributed by atoms with Gasteiger partial charge in [-0.2, -0.15) is 5.26 Å². The summed E-state index contributed by atoms with van der Waals surface area (Å²) >= 11 is 0. The Balaban J connectivity index is 1.98. The van der Waals surface area contributed by atoms with E-state index >= 15 is 0 Å². The van der Waals surface area contributed by atoms with E-state index in [1.54, 1.807) is 25.3 Å². The molecule has 0 saturated carbocycles. The molecule has 0 saturated heterocycles. The molecule has 0 aliphatic carbocycles. The van der Waals surface area contributed by atoms with Gasteiger partial charge in [-0.3, -0.25) is 14.9 Å². The van der Waals surface area contributed by atoms with Crippen LogP contribution in [0.2, 0.25) is 0 Å². The fraction of sp³-hybridized carbons (Fsp3) is 0.200. The molecule has 0 spiro atoms. The highest BCUT2D eigenvalue weighted by Gasteiger charge is 2.13. The smallest absolute Gasteiger partial charge is 0.292 e. The molecule has 2 rings (SSSR count). The number of amides is 1. The van der Waals surface area contributed by atoms with Crippen LogP contribution in [0.5, 0.6) is 11.5 Å². The van der Waals surface area contributed by atoms with Gasteiger partial charge in [0.05, 0.1) is 19.1 Å². The van der Waals surface area contributed by atoms with Crippen LogP contribution >= 0.6 is 0 Å². The summed E-state index contributed by atoms with van der Waals surface area (Å²) in [7, 11) is 3.09. The van der Waals surface area contributed by atoms with Gasteiger partial charge in [-0.25, -0.2) is 0 Å². The minimum atomic E-state index is -0.584. The lowest BCUT2D eigenvalue weighted by Crippen LogP contribution is -2.27. The number of rotatable bonds is 9. The first-order chi connectivity index (χ1) is 14.0. The second-order valence-corrected chi connectivity index (χ2v) is 5.78. The van der Waals surface area contributed by atoms with Crippen molar-refractivity contribution in [3.8, 4) is 17.6 Å². The molecule has 0 aromatic heterocycles. The van der Waals surface area contributed by atoms with Crippen molar-refractivity contribution >= 4 is 17.3 Å². The van der Waals surface area contributed by atoms with Crippen LogP contribution in [0.15, 0.2) is 54.2 Å². The molecule has 0 radical (unpaired) electrons. The van der Waals surface area contributed by atoms with Crippen LogP contribution in [-0.4, -0.2) is 31.6 Å². The molecule has 0 aliphatic rings. The van der Waals surface area contributed by atoms with Crippen LogP contribution in [0.3, 0.4) is 0 Å². The van der Waals surface area contributed by atoms with E-state index in [9.17, 15) is 20.2 Å². The second kappa shape index (κ2) is 10.3. The van der Waals surface area contributed by atoms with Crippen molar-refractivity contribution in [2.75, 3.05) is 26.1 Å². The van der Waals surface area contributed by atoms with Gasteiger partial charge in [0, 0.05) is 18.8 Å². The Morgan fingerprint density at radius 3 is 2.59 bits per heavy atom. The van der Waals surface area contributed by atoms with Crippen LogP contribution in [0, 0.1) is 21.4 Å². The number of benzene rings is 2. The lowest BCUT2D eigenvalue weighted by molar-refractivity contribution is -0.383. The van der Waals surface area contributed by atoms with Crippen molar-refractivity contribution in [1.82, 2.24) is 5.32 Å². The Labute approximate surface area is 167 Å². The highest BCUT2D eigenvalue weighted by Crippen LogP contribution is 2.27. The summed E-state index contributed by atoms with van der Waals surface area (Å²) in [6.45, 7) is 0.290. The first-order valence-corrected chi connectivity index (χ1v) is 8.59. The van der Waals surface area contributed by atoms with Crippen molar-refractivity contribution in [2.24, 2.45) is 0 Å². The molecule has 0 bridgehead atoms. The minimum absolute atomic E-state index is 0.157. The monoisotopic (exact) mass is 396 g/mol. The molecular weight excluding hydrogens is 376 g/mol. The van der Waals surface area contributed by atoms with Gasteiger partial charge in [-0.1, -0.05) is 18.2 Å². The zero-order valence-corrected chi connectivity index (χ0v) is 16.0. The van der Waals surface area contributed by atoms with E-state index < -0.39 is 10.8 Å². The zero-order valence-electron chi connectivity index (χ0n) is 16.0. The Hall–Kier alpha value is -4.06. The molecule has 2 aromatic carbocycles. The van der Waals surface area contributed by atoms with Gasteiger partial charge >= 0.3 is 0 Å². The number of nitro benzene ring substituents is 1. The SMILES string of the molecule is COc1ccc(CCNC(=O)/C(C#N)=C\Nc2ccccc2[N+](=O)[O-])cc1OC. The van der Waals surface area contributed by atoms with Crippen molar-refractivity contribution in [1.29, 1.82) is 5.26 Å². The van der Waals surface area contributed by atoms with Gasteiger partial charge in [-0.15, -0.1) is 0 Å². The maximum atomic E-state index is 12.2. The van der Waals surface area contributed by atoms with Gasteiger partial charge in [0.1, 0.15) is 17.3 Å². The number of nitrogens with zero attached hydrogens (tertiary/aromatic N) is 2. The molecule has 0 heterocycles. The Morgan fingerprint density at radius 1 is 1.21 bits per heavy atom. The Kier molecular flexibility index (Phi) is 7.56. The number of carbonyl (C=O) groups excluding carboxylic acids is 1. The number of para-hydroxylation sites is 2. The molecule has 0 unspecified atom stereocenters. The molecule has 0 atom stereocenters. The third-order valence-electron chi connectivity index (χ3n) is 3.99. The maximum Gasteiger partial charge on any atom is 0.292 e. The summed E-state index contributed by atoms with van der Waals surface area (Å²) in [6, 6.07) is 13.2. The predicted octanol–water partition coefficient (Wildman–Crippen LogP) is 2.79. The van der Waals surface area contributed by atoms with Gasteiger partial charge < -0.3 is 20.1 Å². The highest BCUT2D eigenvalue weighted by atomic mass is 16.6. The molecule has 150 valence electrons. The number of methoxy groups -OCH3 is 2. The van der Waals surface area contributed by atoms with E-state index in [0.717, 1.165) is 11.8 Å². The number of ether oxygens (including phenoxy) is 2. The highest BCUT2D eigenvalue weighted by molar-refractivity contribution is 5.97. The fourth-order valence-electron chi connectivity index (χ4n) is 2.51. The van der Waals surface area contributed by atoms with E-state index in [1.165, 1.54) is 25.3 Å². The summed E-state index contributed by atoms with van der Waals surface area (Å²) in [6.07, 6.45) is 1.66. The van der Waals surface area contributed by atoms with Crippen LogP contribution < -0.4 is 20.1 Å². The number of nitriles is 1. The molecule has 29 heavy (non-hydrogen) atoms.